The summed E-state index contributed by atoms with van der Waals surface area (Å²) in [6.45, 7) is 5.61. The highest BCUT2D eigenvalue weighted by atomic mass is 16.2. The normalized spacial score (nSPS) is 14.8. The molecule has 2 unspecified atom stereocenters. The molecule has 1 aliphatic heterocycles. The van der Waals surface area contributed by atoms with Crippen molar-refractivity contribution in [2.75, 3.05) is 0 Å². The van der Waals surface area contributed by atoms with Crippen molar-refractivity contribution in [2.24, 2.45) is 0 Å². The highest BCUT2D eigenvalue weighted by molar-refractivity contribution is 6.22. The minimum absolute atomic E-state index is 0.0103. The van der Waals surface area contributed by atoms with E-state index in [0.29, 0.717) is 0 Å². The Morgan fingerprint density at radius 3 is 2.27 bits per heavy atom. The lowest BCUT2D eigenvalue weighted by Gasteiger charge is -2.17. The standard InChI is InChI=1S/C23H25N3O4/c1-4-14(2)24-20(27)15(3)25-21(28)17-10-11-18-19(12-17)23(30)26(22(18)29)13-16-8-6-5-7-9-16/h5-12,14-15H,4,13H2,1-3H3,(H,24,27)(H,25,28). The van der Waals surface area contributed by atoms with Crippen molar-refractivity contribution in [2.45, 2.75) is 45.8 Å². The molecule has 0 fully saturated rings. The summed E-state index contributed by atoms with van der Waals surface area (Å²) in [7, 11) is 0. The van der Waals surface area contributed by atoms with Crippen LogP contribution in [0.4, 0.5) is 0 Å². The molecule has 156 valence electrons. The van der Waals surface area contributed by atoms with Crippen molar-refractivity contribution in [1.29, 1.82) is 0 Å². The number of carbonyl (C=O) groups excluding carboxylic acids is 4. The average molecular weight is 407 g/mol. The highest BCUT2D eigenvalue weighted by Gasteiger charge is 2.36. The lowest BCUT2D eigenvalue weighted by molar-refractivity contribution is -0.123. The van der Waals surface area contributed by atoms with Crippen LogP contribution in [0, 0.1) is 0 Å². The van der Waals surface area contributed by atoms with Gasteiger partial charge in [-0.25, -0.2) is 0 Å². The molecule has 7 nitrogen and oxygen atoms in total. The first-order valence-corrected chi connectivity index (χ1v) is 9.97. The van der Waals surface area contributed by atoms with Gasteiger partial charge in [-0.2, -0.15) is 0 Å². The van der Waals surface area contributed by atoms with E-state index in [1.54, 1.807) is 6.92 Å². The molecule has 0 aliphatic carbocycles. The van der Waals surface area contributed by atoms with E-state index in [4.69, 9.17) is 0 Å². The topological polar surface area (TPSA) is 95.6 Å². The third-order valence-corrected chi connectivity index (χ3v) is 5.16. The summed E-state index contributed by atoms with van der Waals surface area (Å²) in [4.78, 5) is 51.3. The van der Waals surface area contributed by atoms with Crippen LogP contribution in [0.25, 0.3) is 0 Å². The van der Waals surface area contributed by atoms with Crippen LogP contribution in [0.15, 0.2) is 48.5 Å². The Hall–Kier alpha value is -3.48. The molecule has 0 aromatic heterocycles. The van der Waals surface area contributed by atoms with Crippen LogP contribution in [0.3, 0.4) is 0 Å². The van der Waals surface area contributed by atoms with Crippen LogP contribution < -0.4 is 10.6 Å². The number of carbonyl (C=O) groups is 4. The van der Waals surface area contributed by atoms with E-state index in [1.165, 1.54) is 23.1 Å². The SMILES string of the molecule is CCC(C)NC(=O)C(C)NC(=O)c1ccc2c(c1)C(=O)N(Cc1ccccc1)C2=O. The fraction of sp³-hybridized carbons (Fsp3) is 0.304. The molecule has 0 radical (unpaired) electrons. The zero-order valence-corrected chi connectivity index (χ0v) is 17.3. The Balaban J connectivity index is 1.73. The molecule has 2 aromatic rings. The minimum Gasteiger partial charge on any atom is -0.352 e. The molecular weight excluding hydrogens is 382 g/mol. The molecule has 4 amide bonds. The number of nitrogens with one attached hydrogen (secondary N) is 2. The van der Waals surface area contributed by atoms with E-state index in [2.05, 4.69) is 10.6 Å². The molecule has 2 aromatic carbocycles. The lowest BCUT2D eigenvalue weighted by atomic mass is 10.0. The summed E-state index contributed by atoms with van der Waals surface area (Å²) in [6, 6.07) is 12.9. The van der Waals surface area contributed by atoms with E-state index in [9.17, 15) is 19.2 Å². The second-order valence-corrected chi connectivity index (χ2v) is 7.46. The summed E-state index contributed by atoms with van der Waals surface area (Å²) in [6.07, 6.45) is 0.785. The molecule has 0 saturated carbocycles. The van der Waals surface area contributed by atoms with Gasteiger partial charge in [-0.05, 0) is 44.0 Å². The van der Waals surface area contributed by atoms with E-state index >= 15 is 0 Å². The van der Waals surface area contributed by atoms with Crippen LogP contribution >= 0.6 is 0 Å². The Morgan fingerprint density at radius 1 is 0.933 bits per heavy atom. The number of hydrogen-bond donors (Lipinski definition) is 2. The predicted molar refractivity (Wildman–Crippen MR) is 112 cm³/mol. The van der Waals surface area contributed by atoms with Gasteiger partial charge >= 0.3 is 0 Å². The summed E-state index contributed by atoms with van der Waals surface area (Å²) in [5.41, 5.74) is 1.53. The fourth-order valence-electron chi connectivity index (χ4n) is 3.16. The van der Waals surface area contributed by atoms with Crippen LogP contribution in [0.2, 0.25) is 0 Å². The first kappa shape index (κ1) is 21.2. The highest BCUT2D eigenvalue weighted by Crippen LogP contribution is 2.25. The molecule has 1 aliphatic rings. The van der Waals surface area contributed by atoms with Gasteiger partial charge in [0.05, 0.1) is 17.7 Å². The third kappa shape index (κ3) is 4.40. The van der Waals surface area contributed by atoms with Gasteiger partial charge in [0, 0.05) is 11.6 Å². The summed E-state index contributed by atoms with van der Waals surface area (Å²) < 4.78 is 0. The number of fused-ring (bicyclic) bond motifs is 1. The van der Waals surface area contributed by atoms with Crippen LogP contribution in [0.5, 0.6) is 0 Å². The van der Waals surface area contributed by atoms with Crippen molar-refractivity contribution in [3.05, 3.63) is 70.8 Å². The van der Waals surface area contributed by atoms with Gasteiger partial charge in [0.1, 0.15) is 6.04 Å². The molecule has 7 heteroatoms. The Labute approximate surface area is 175 Å². The predicted octanol–water partition coefficient (Wildman–Crippen LogP) is 2.52. The molecule has 2 atom stereocenters. The monoisotopic (exact) mass is 407 g/mol. The quantitative estimate of drug-likeness (QED) is 0.690. The molecule has 0 saturated heterocycles. The first-order valence-electron chi connectivity index (χ1n) is 9.97. The molecule has 0 spiro atoms. The minimum atomic E-state index is -0.730. The van der Waals surface area contributed by atoms with Crippen LogP contribution in [-0.4, -0.2) is 40.6 Å². The van der Waals surface area contributed by atoms with Gasteiger partial charge in [0.2, 0.25) is 5.91 Å². The van der Waals surface area contributed by atoms with Crippen molar-refractivity contribution in [1.82, 2.24) is 15.5 Å². The average Bonchev–Trinajstić information content (AvgIpc) is 2.98. The van der Waals surface area contributed by atoms with Crippen molar-refractivity contribution >= 4 is 23.6 Å². The van der Waals surface area contributed by atoms with Crippen LogP contribution in [0.1, 0.15) is 63.8 Å². The zero-order valence-electron chi connectivity index (χ0n) is 17.3. The summed E-state index contributed by atoms with van der Waals surface area (Å²) in [5.74, 6) is -1.58. The Bertz CT molecular complexity index is 987. The maximum absolute atomic E-state index is 12.8. The van der Waals surface area contributed by atoms with E-state index < -0.39 is 17.9 Å². The molecule has 3 rings (SSSR count). The van der Waals surface area contributed by atoms with Crippen molar-refractivity contribution < 1.29 is 19.2 Å². The lowest BCUT2D eigenvalue weighted by Crippen LogP contribution is -2.47. The number of hydrogen-bond acceptors (Lipinski definition) is 4. The maximum Gasteiger partial charge on any atom is 0.261 e. The molecular formula is C23H25N3O4. The smallest absolute Gasteiger partial charge is 0.261 e. The summed E-state index contributed by atoms with van der Waals surface area (Å²) in [5, 5.41) is 5.44. The number of imide groups is 1. The van der Waals surface area contributed by atoms with Gasteiger partial charge in [-0.15, -0.1) is 0 Å². The van der Waals surface area contributed by atoms with E-state index in [1.807, 2.05) is 44.2 Å². The van der Waals surface area contributed by atoms with Crippen molar-refractivity contribution in [3.8, 4) is 0 Å². The van der Waals surface area contributed by atoms with E-state index in [-0.39, 0.29) is 41.1 Å². The first-order chi connectivity index (χ1) is 14.3. The summed E-state index contributed by atoms with van der Waals surface area (Å²) >= 11 is 0. The largest absolute Gasteiger partial charge is 0.352 e. The Kier molecular flexibility index (Phi) is 6.30. The molecule has 2 N–H and O–H groups in total. The van der Waals surface area contributed by atoms with Gasteiger partial charge < -0.3 is 10.6 Å². The fourth-order valence-corrected chi connectivity index (χ4v) is 3.16. The Morgan fingerprint density at radius 2 is 1.60 bits per heavy atom. The van der Waals surface area contributed by atoms with Gasteiger partial charge in [-0.1, -0.05) is 37.3 Å². The second kappa shape index (κ2) is 8.90. The van der Waals surface area contributed by atoms with Crippen molar-refractivity contribution in [3.63, 3.8) is 0 Å². The van der Waals surface area contributed by atoms with Gasteiger partial charge in [0.15, 0.2) is 0 Å². The second-order valence-electron chi connectivity index (χ2n) is 7.46. The number of nitrogens with zero attached hydrogens (tertiary/aromatic N) is 1. The number of amides is 4. The molecule has 30 heavy (non-hydrogen) atoms. The van der Waals surface area contributed by atoms with E-state index in [0.717, 1.165) is 12.0 Å². The van der Waals surface area contributed by atoms with Crippen LogP contribution in [-0.2, 0) is 11.3 Å². The number of benzene rings is 2. The van der Waals surface area contributed by atoms with Gasteiger partial charge in [-0.3, -0.25) is 24.1 Å². The third-order valence-electron chi connectivity index (χ3n) is 5.16. The molecule has 0 bridgehead atoms. The number of rotatable bonds is 7. The van der Waals surface area contributed by atoms with Gasteiger partial charge in [0.25, 0.3) is 17.7 Å². The maximum atomic E-state index is 12.8. The molecule has 1 heterocycles. The zero-order chi connectivity index (χ0) is 21.8.